The van der Waals surface area contributed by atoms with E-state index >= 15 is 0 Å². The van der Waals surface area contributed by atoms with Gasteiger partial charge in [-0.05, 0) is 41.3 Å². The molecule has 158 valence electrons. The standard InChI is InChI=1S/C24H18N4O3S/c1-30-23(29)15-10-8-14(9-11-15)22-19-20(16-5-2-3-6-17(16)31-22)27-24-25-13-26-28(24)21(19)18-7-4-12-32-18/h2-13,21-22H,1H3,(H,25,26,27)/t21-,22+/m1/s1. The number of hydrogen-bond donors (Lipinski definition) is 1. The van der Waals surface area contributed by atoms with Crippen LogP contribution in [0.3, 0.4) is 0 Å². The van der Waals surface area contributed by atoms with Gasteiger partial charge < -0.3 is 14.8 Å². The van der Waals surface area contributed by atoms with E-state index in [-0.39, 0.29) is 18.1 Å². The molecule has 0 bridgehead atoms. The SMILES string of the molecule is COC(=O)c1ccc([C@@H]2Oc3ccccc3C3=C2[C@@H](c2cccs2)n2ncnc2N3)cc1. The fourth-order valence-electron chi connectivity index (χ4n) is 4.32. The van der Waals surface area contributed by atoms with Crippen LogP contribution in [-0.4, -0.2) is 27.8 Å². The van der Waals surface area contributed by atoms with E-state index in [9.17, 15) is 4.79 Å². The van der Waals surface area contributed by atoms with Crippen LogP contribution in [0.15, 0.2) is 77.9 Å². The minimum Gasteiger partial charge on any atom is -0.480 e. The van der Waals surface area contributed by atoms with Crippen molar-refractivity contribution in [1.82, 2.24) is 14.8 Å². The highest BCUT2D eigenvalue weighted by molar-refractivity contribution is 7.10. The van der Waals surface area contributed by atoms with Crippen molar-refractivity contribution in [2.45, 2.75) is 12.1 Å². The third-order valence-corrected chi connectivity index (χ3v) is 6.69. The van der Waals surface area contributed by atoms with Gasteiger partial charge in [-0.2, -0.15) is 10.1 Å². The highest BCUT2D eigenvalue weighted by Crippen LogP contribution is 2.51. The van der Waals surface area contributed by atoms with E-state index in [0.29, 0.717) is 11.5 Å². The van der Waals surface area contributed by atoms with Crippen molar-refractivity contribution >= 4 is 29.0 Å². The highest BCUT2D eigenvalue weighted by atomic mass is 32.1. The molecule has 8 heteroatoms. The van der Waals surface area contributed by atoms with Gasteiger partial charge in [0.25, 0.3) is 0 Å². The number of carbonyl (C=O) groups is 1. The second-order valence-corrected chi connectivity index (χ2v) is 8.49. The van der Waals surface area contributed by atoms with E-state index in [4.69, 9.17) is 9.47 Å². The van der Waals surface area contributed by atoms with E-state index < -0.39 is 0 Å². The molecule has 0 unspecified atom stereocenters. The van der Waals surface area contributed by atoms with Crippen LogP contribution in [0.1, 0.15) is 38.5 Å². The number of methoxy groups -OCH3 is 1. The van der Waals surface area contributed by atoms with Crippen molar-refractivity contribution in [3.8, 4) is 5.75 Å². The van der Waals surface area contributed by atoms with Crippen LogP contribution < -0.4 is 10.1 Å². The lowest BCUT2D eigenvalue weighted by molar-refractivity contribution is 0.0600. The molecule has 6 rings (SSSR count). The molecule has 2 aromatic carbocycles. The number of hydrogen-bond acceptors (Lipinski definition) is 7. The first-order chi connectivity index (χ1) is 15.7. The maximum atomic E-state index is 11.9. The zero-order valence-corrected chi connectivity index (χ0v) is 17.9. The summed E-state index contributed by atoms with van der Waals surface area (Å²) < 4.78 is 13.3. The average Bonchev–Trinajstić information content (AvgIpc) is 3.54. The van der Waals surface area contributed by atoms with Gasteiger partial charge in [-0.1, -0.05) is 30.3 Å². The van der Waals surface area contributed by atoms with Gasteiger partial charge in [0, 0.05) is 16.0 Å². The number of thiophene rings is 1. The summed E-state index contributed by atoms with van der Waals surface area (Å²) in [6, 6.07) is 19.3. The molecule has 0 fully saturated rings. The molecule has 32 heavy (non-hydrogen) atoms. The number of benzene rings is 2. The monoisotopic (exact) mass is 442 g/mol. The quantitative estimate of drug-likeness (QED) is 0.464. The number of para-hydroxylation sites is 1. The van der Waals surface area contributed by atoms with Crippen molar-refractivity contribution < 1.29 is 14.3 Å². The molecule has 2 aliphatic heterocycles. The third-order valence-electron chi connectivity index (χ3n) is 5.77. The lowest BCUT2D eigenvalue weighted by Gasteiger charge is -2.38. The molecule has 4 aromatic rings. The predicted molar refractivity (Wildman–Crippen MR) is 121 cm³/mol. The Morgan fingerprint density at radius 3 is 2.75 bits per heavy atom. The van der Waals surface area contributed by atoms with Crippen molar-refractivity contribution in [3.05, 3.63) is 99.5 Å². The summed E-state index contributed by atoms with van der Waals surface area (Å²) in [6.45, 7) is 0. The van der Waals surface area contributed by atoms with Crippen LogP contribution >= 0.6 is 11.3 Å². The predicted octanol–water partition coefficient (Wildman–Crippen LogP) is 4.69. The van der Waals surface area contributed by atoms with Crippen LogP contribution in [0, 0.1) is 0 Å². The zero-order valence-electron chi connectivity index (χ0n) is 17.1. The number of carbonyl (C=O) groups excluding carboxylic acids is 1. The molecule has 2 aliphatic rings. The van der Waals surface area contributed by atoms with Gasteiger partial charge in [-0.3, -0.25) is 0 Å². The van der Waals surface area contributed by atoms with Gasteiger partial charge in [0.15, 0.2) is 0 Å². The molecule has 2 aromatic heterocycles. The van der Waals surface area contributed by atoms with Gasteiger partial charge in [-0.25, -0.2) is 9.48 Å². The summed E-state index contributed by atoms with van der Waals surface area (Å²) >= 11 is 1.67. The van der Waals surface area contributed by atoms with E-state index in [1.54, 1.807) is 29.8 Å². The lowest BCUT2D eigenvalue weighted by Crippen LogP contribution is -2.32. The van der Waals surface area contributed by atoms with E-state index in [2.05, 4.69) is 26.8 Å². The largest absolute Gasteiger partial charge is 0.480 e. The zero-order chi connectivity index (χ0) is 21.7. The van der Waals surface area contributed by atoms with E-state index in [0.717, 1.165) is 33.0 Å². The number of aromatic nitrogens is 3. The molecule has 0 amide bonds. The summed E-state index contributed by atoms with van der Waals surface area (Å²) in [4.78, 5) is 17.5. The fraction of sp³-hybridized carbons (Fsp3) is 0.125. The first-order valence-corrected chi connectivity index (χ1v) is 11.0. The van der Waals surface area contributed by atoms with Crippen LogP contribution in [0.2, 0.25) is 0 Å². The molecule has 4 heterocycles. The molecule has 7 nitrogen and oxygen atoms in total. The van der Waals surface area contributed by atoms with Crippen LogP contribution in [0.5, 0.6) is 5.75 Å². The van der Waals surface area contributed by atoms with Gasteiger partial charge in [0.2, 0.25) is 5.95 Å². The second-order valence-electron chi connectivity index (χ2n) is 7.51. The molecule has 1 N–H and O–H groups in total. The molecule has 0 spiro atoms. The molecular weight excluding hydrogens is 424 g/mol. The second kappa shape index (κ2) is 7.35. The molecule has 0 radical (unpaired) electrons. The normalized spacial score (nSPS) is 18.7. The van der Waals surface area contributed by atoms with Gasteiger partial charge in [0.05, 0.1) is 18.4 Å². The van der Waals surface area contributed by atoms with Crippen molar-refractivity contribution in [2.75, 3.05) is 12.4 Å². The van der Waals surface area contributed by atoms with Gasteiger partial charge in [-0.15, -0.1) is 11.3 Å². The Morgan fingerprint density at radius 2 is 1.97 bits per heavy atom. The van der Waals surface area contributed by atoms with E-state index in [1.165, 1.54) is 7.11 Å². The van der Waals surface area contributed by atoms with Crippen LogP contribution in [-0.2, 0) is 4.74 Å². The van der Waals surface area contributed by atoms with Crippen molar-refractivity contribution in [3.63, 3.8) is 0 Å². The summed E-state index contributed by atoms with van der Waals surface area (Å²) in [5.74, 6) is 1.12. The first-order valence-electron chi connectivity index (χ1n) is 10.1. The molecule has 2 atom stereocenters. The minimum absolute atomic E-state index is 0.164. The van der Waals surface area contributed by atoms with Crippen molar-refractivity contribution in [2.24, 2.45) is 0 Å². The Morgan fingerprint density at radius 1 is 1.12 bits per heavy atom. The third kappa shape index (κ3) is 2.84. The molecule has 0 saturated carbocycles. The molecular formula is C24H18N4O3S. The topological polar surface area (TPSA) is 78.3 Å². The van der Waals surface area contributed by atoms with E-state index in [1.807, 2.05) is 47.1 Å². The number of rotatable bonds is 3. The van der Waals surface area contributed by atoms with Gasteiger partial charge >= 0.3 is 5.97 Å². The Bertz CT molecular complexity index is 1340. The Hall–Kier alpha value is -3.91. The Kier molecular flexibility index (Phi) is 4.32. The van der Waals surface area contributed by atoms with Crippen LogP contribution in [0.4, 0.5) is 5.95 Å². The smallest absolute Gasteiger partial charge is 0.337 e. The number of anilines is 1. The summed E-state index contributed by atoms with van der Waals surface area (Å²) in [7, 11) is 1.38. The summed E-state index contributed by atoms with van der Waals surface area (Å²) in [6.07, 6.45) is 1.19. The van der Waals surface area contributed by atoms with Gasteiger partial charge in [0.1, 0.15) is 24.2 Å². The summed E-state index contributed by atoms with van der Waals surface area (Å²) in [5.41, 5.74) is 4.45. The van der Waals surface area contributed by atoms with Crippen molar-refractivity contribution in [1.29, 1.82) is 0 Å². The number of nitrogens with one attached hydrogen (secondary N) is 1. The summed E-state index contributed by atoms with van der Waals surface area (Å²) in [5, 5.41) is 10.1. The number of esters is 1. The molecule has 0 saturated heterocycles. The maximum Gasteiger partial charge on any atom is 0.337 e. The Balaban J connectivity index is 1.56. The number of nitrogens with zero attached hydrogens (tertiary/aromatic N) is 3. The number of ether oxygens (including phenoxy) is 2. The van der Waals surface area contributed by atoms with Crippen LogP contribution in [0.25, 0.3) is 5.70 Å². The fourth-order valence-corrected chi connectivity index (χ4v) is 5.15. The maximum absolute atomic E-state index is 11.9. The molecule has 0 aliphatic carbocycles. The first kappa shape index (κ1) is 18.8. The minimum atomic E-state index is -0.372. The highest BCUT2D eigenvalue weighted by Gasteiger charge is 2.41. The Labute approximate surface area is 187 Å². The number of fused-ring (bicyclic) bond motifs is 3. The average molecular weight is 443 g/mol. The lowest BCUT2D eigenvalue weighted by atomic mass is 9.86.